The molecule has 0 amide bonds. The number of rotatable bonds is 2. The van der Waals surface area contributed by atoms with Gasteiger partial charge in [-0.25, -0.2) is 0 Å². The van der Waals surface area contributed by atoms with E-state index in [9.17, 15) is 0 Å². The second-order valence-corrected chi connectivity index (χ2v) is 6.51. The monoisotopic (exact) mass is 263 g/mol. The Hall–Kier alpha value is -0.900. The van der Waals surface area contributed by atoms with Crippen molar-refractivity contribution in [2.45, 2.75) is 76.2 Å². The SMILES string of the molecule is CC1CCCC(c2noc(C3CCCCC3N)n2)C1. The zero-order valence-electron chi connectivity index (χ0n) is 11.8. The number of aromatic nitrogens is 2. The van der Waals surface area contributed by atoms with Crippen molar-refractivity contribution in [3.8, 4) is 0 Å². The van der Waals surface area contributed by atoms with Gasteiger partial charge in [-0.2, -0.15) is 4.98 Å². The van der Waals surface area contributed by atoms with Crippen molar-refractivity contribution in [1.29, 1.82) is 0 Å². The van der Waals surface area contributed by atoms with E-state index in [-0.39, 0.29) is 12.0 Å². The van der Waals surface area contributed by atoms with Gasteiger partial charge in [0.15, 0.2) is 5.82 Å². The lowest BCUT2D eigenvalue weighted by molar-refractivity contribution is 0.284. The van der Waals surface area contributed by atoms with Crippen LogP contribution in [0.3, 0.4) is 0 Å². The number of hydrogen-bond acceptors (Lipinski definition) is 4. The normalized spacial score (nSPS) is 36.3. The van der Waals surface area contributed by atoms with Gasteiger partial charge < -0.3 is 10.3 Å². The summed E-state index contributed by atoms with van der Waals surface area (Å²) in [6, 6.07) is 0.201. The Morgan fingerprint density at radius 1 is 1.11 bits per heavy atom. The molecule has 2 fully saturated rings. The van der Waals surface area contributed by atoms with E-state index in [0.717, 1.165) is 30.5 Å². The van der Waals surface area contributed by atoms with Gasteiger partial charge in [0.2, 0.25) is 5.89 Å². The first-order valence-corrected chi connectivity index (χ1v) is 7.83. The predicted octanol–water partition coefficient (Wildman–Crippen LogP) is 3.35. The molecule has 1 heterocycles. The van der Waals surface area contributed by atoms with E-state index in [2.05, 4.69) is 17.1 Å². The molecule has 0 radical (unpaired) electrons. The van der Waals surface area contributed by atoms with Crippen LogP contribution in [-0.4, -0.2) is 16.2 Å². The van der Waals surface area contributed by atoms with Crippen molar-refractivity contribution in [1.82, 2.24) is 10.1 Å². The Labute approximate surface area is 115 Å². The molecule has 2 aliphatic rings. The molecule has 2 N–H and O–H groups in total. The summed E-state index contributed by atoms with van der Waals surface area (Å²) in [6.45, 7) is 2.32. The second-order valence-electron chi connectivity index (χ2n) is 6.51. The minimum absolute atomic E-state index is 0.201. The fourth-order valence-corrected chi connectivity index (χ4v) is 3.70. The van der Waals surface area contributed by atoms with Gasteiger partial charge in [-0.3, -0.25) is 0 Å². The molecule has 4 unspecified atom stereocenters. The lowest BCUT2D eigenvalue weighted by atomic mass is 9.82. The molecule has 0 aliphatic heterocycles. The van der Waals surface area contributed by atoms with Crippen LogP contribution in [0.5, 0.6) is 0 Å². The highest BCUT2D eigenvalue weighted by atomic mass is 16.5. The maximum atomic E-state index is 6.19. The zero-order chi connectivity index (χ0) is 13.2. The standard InChI is InChI=1S/C15H25N3O/c1-10-5-4-6-11(9-10)14-17-15(19-18-14)12-7-2-3-8-13(12)16/h10-13H,2-9,16H2,1H3. The Bertz CT molecular complexity index is 417. The average Bonchev–Trinajstić information content (AvgIpc) is 2.89. The van der Waals surface area contributed by atoms with Crippen LogP contribution in [0.15, 0.2) is 4.52 Å². The first-order chi connectivity index (χ1) is 9.24. The summed E-state index contributed by atoms with van der Waals surface area (Å²) in [5.74, 6) is 3.30. The summed E-state index contributed by atoms with van der Waals surface area (Å²) in [4.78, 5) is 4.68. The van der Waals surface area contributed by atoms with Crippen LogP contribution in [0, 0.1) is 5.92 Å². The van der Waals surface area contributed by atoms with Gasteiger partial charge in [0, 0.05) is 12.0 Å². The summed E-state index contributed by atoms with van der Waals surface area (Å²) in [5.41, 5.74) is 6.19. The molecule has 0 bridgehead atoms. The highest BCUT2D eigenvalue weighted by Crippen LogP contribution is 2.36. The quantitative estimate of drug-likeness (QED) is 0.888. The topological polar surface area (TPSA) is 64.9 Å². The number of hydrogen-bond donors (Lipinski definition) is 1. The highest BCUT2D eigenvalue weighted by molar-refractivity contribution is 5.04. The Morgan fingerprint density at radius 2 is 1.95 bits per heavy atom. The molecule has 2 aliphatic carbocycles. The Kier molecular flexibility index (Phi) is 3.87. The maximum absolute atomic E-state index is 6.19. The van der Waals surface area contributed by atoms with E-state index < -0.39 is 0 Å². The zero-order valence-corrected chi connectivity index (χ0v) is 11.8. The molecule has 0 aromatic carbocycles. The molecule has 4 nitrogen and oxygen atoms in total. The van der Waals surface area contributed by atoms with Gasteiger partial charge in [0.05, 0.1) is 5.92 Å². The van der Waals surface area contributed by atoms with Gasteiger partial charge in [0.25, 0.3) is 0 Å². The molecular formula is C15H25N3O. The predicted molar refractivity (Wildman–Crippen MR) is 73.9 cm³/mol. The molecule has 1 aromatic heterocycles. The minimum atomic E-state index is 0.201. The van der Waals surface area contributed by atoms with E-state index >= 15 is 0 Å². The smallest absolute Gasteiger partial charge is 0.231 e. The van der Waals surface area contributed by atoms with Crippen LogP contribution in [0.4, 0.5) is 0 Å². The molecule has 0 spiro atoms. The van der Waals surface area contributed by atoms with Gasteiger partial charge in [0.1, 0.15) is 0 Å². The van der Waals surface area contributed by atoms with Crippen molar-refractivity contribution in [2.75, 3.05) is 0 Å². The van der Waals surface area contributed by atoms with E-state index in [1.54, 1.807) is 0 Å². The number of nitrogens with two attached hydrogens (primary N) is 1. The third-order valence-electron chi connectivity index (χ3n) is 4.90. The van der Waals surface area contributed by atoms with E-state index in [0.29, 0.717) is 5.92 Å². The van der Waals surface area contributed by atoms with Crippen molar-refractivity contribution in [3.05, 3.63) is 11.7 Å². The lowest BCUT2D eigenvalue weighted by Crippen LogP contribution is -2.31. The molecule has 19 heavy (non-hydrogen) atoms. The van der Waals surface area contributed by atoms with Gasteiger partial charge in [-0.05, 0) is 31.6 Å². The summed E-state index contributed by atoms with van der Waals surface area (Å²) in [7, 11) is 0. The van der Waals surface area contributed by atoms with Crippen LogP contribution in [0.1, 0.15) is 81.8 Å². The maximum Gasteiger partial charge on any atom is 0.231 e. The molecule has 2 saturated carbocycles. The van der Waals surface area contributed by atoms with Crippen LogP contribution < -0.4 is 5.73 Å². The summed E-state index contributed by atoms with van der Waals surface area (Å²) in [5, 5.41) is 4.24. The minimum Gasteiger partial charge on any atom is -0.339 e. The fourth-order valence-electron chi connectivity index (χ4n) is 3.70. The third-order valence-corrected chi connectivity index (χ3v) is 4.90. The molecular weight excluding hydrogens is 238 g/mol. The van der Waals surface area contributed by atoms with E-state index in [4.69, 9.17) is 10.3 Å². The summed E-state index contributed by atoms with van der Waals surface area (Å²) < 4.78 is 5.52. The largest absolute Gasteiger partial charge is 0.339 e. The number of nitrogens with zero attached hydrogens (tertiary/aromatic N) is 2. The Morgan fingerprint density at radius 3 is 2.74 bits per heavy atom. The first-order valence-electron chi connectivity index (χ1n) is 7.83. The molecule has 106 valence electrons. The molecule has 0 saturated heterocycles. The molecule has 3 rings (SSSR count). The van der Waals surface area contributed by atoms with Crippen molar-refractivity contribution >= 4 is 0 Å². The van der Waals surface area contributed by atoms with Crippen molar-refractivity contribution in [3.63, 3.8) is 0 Å². The second kappa shape index (κ2) is 5.61. The van der Waals surface area contributed by atoms with Crippen LogP contribution >= 0.6 is 0 Å². The molecule has 4 atom stereocenters. The summed E-state index contributed by atoms with van der Waals surface area (Å²) >= 11 is 0. The van der Waals surface area contributed by atoms with E-state index in [1.165, 1.54) is 38.5 Å². The fraction of sp³-hybridized carbons (Fsp3) is 0.867. The van der Waals surface area contributed by atoms with E-state index in [1.807, 2.05) is 0 Å². The van der Waals surface area contributed by atoms with Crippen LogP contribution in [-0.2, 0) is 0 Å². The van der Waals surface area contributed by atoms with Crippen LogP contribution in [0.2, 0.25) is 0 Å². The highest BCUT2D eigenvalue weighted by Gasteiger charge is 2.30. The van der Waals surface area contributed by atoms with Crippen molar-refractivity contribution in [2.24, 2.45) is 11.7 Å². The summed E-state index contributed by atoms with van der Waals surface area (Å²) in [6.07, 6.45) is 9.70. The molecule has 4 heteroatoms. The van der Waals surface area contributed by atoms with Crippen LogP contribution in [0.25, 0.3) is 0 Å². The lowest BCUT2D eigenvalue weighted by Gasteiger charge is -2.25. The first kappa shape index (κ1) is 13.1. The Balaban J connectivity index is 1.71. The van der Waals surface area contributed by atoms with Gasteiger partial charge >= 0.3 is 0 Å². The third kappa shape index (κ3) is 2.83. The average molecular weight is 263 g/mol. The van der Waals surface area contributed by atoms with Crippen molar-refractivity contribution < 1.29 is 4.52 Å². The molecule has 1 aromatic rings. The van der Waals surface area contributed by atoms with Gasteiger partial charge in [-0.15, -0.1) is 0 Å². The van der Waals surface area contributed by atoms with Gasteiger partial charge in [-0.1, -0.05) is 37.8 Å².